The Morgan fingerprint density at radius 1 is 1.38 bits per heavy atom. The van der Waals surface area contributed by atoms with Gasteiger partial charge < -0.3 is 10.2 Å². The zero-order valence-corrected chi connectivity index (χ0v) is 14.8. The third-order valence-electron chi connectivity index (χ3n) is 4.42. The van der Waals surface area contributed by atoms with Crippen molar-refractivity contribution in [3.63, 3.8) is 0 Å². The maximum Gasteiger partial charge on any atom is 0.242 e. The van der Waals surface area contributed by atoms with Crippen LogP contribution in [0.15, 0.2) is 10.3 Å². The largest absolute Gasteiger partial charge is 0.315 e. The summed E-state index contributed by atoms with van der Waals surface area (Å²) in [5, 5.41) is 4.94. The first-order chi connectivity index (χ1) is 9.82. The highest BCUT2D eigenvalue weighted by atomic mass is 32.2. The monoisotopic (exact) mass is 331 g/mol. The molecule has 1 aromatic heterocycles. The van der Waals surface area contributed by atoms with E-state index in [4.69, 9.17) is 0 Å². The number of hydrogen-bond donors (Lipinski definition) is 2. The molecular weight excluding hydrogens is 306 g/mol. The maximum absolute atomic E-state index is 12.7. The summed E-state index contributed by atoms with van der Waals surface area (Å²) >= 11 is 1.49. The molecule has 1 aliphatic carbocycles. The number of aryl methyl sites for hydroxylation is 1. The molecule has 1 fully saturated rings. The molecule has 2 N–H and O–H groups in total. The molecule has 1 saturated carbocycles. The molecule has 21 heavy (non-hydrogen) atoms. The Morgan fingerprint density at radius 2 is 2.05 bits per heavy atom. The Balaban J connectivity index is 2.17. The highest BCUT2D eigenvalue weighted by molar-refractivity contribution is 7.89. The van der Waals surface area contributed by atoms with Crippen LogP contribution >= 0.6 is 11.3 Å². The fraction of sp³-hybridized carbons (Fsp3) is 0.714. The molecule has 0 spiro atoms. The SMILES string of the molecule is CNCc1scc(C)c1S(=O)(=O)NCC1(N(C)C)CCC1. The van der Waals surface area contributed by atoms with Gasteiger partial charge in [0, 0.05) is 23.5 Å². The van der Waals surface area contributed by atoms with Gasteiger partial charge in [0.25, 0.3) is 0 Å². The minimum Gasteiger partial charge on any atom is -0.315 e. The maximum atomic E-state index is 12.7. The lowest BCUT2D eigenvalue weighted by Gasteiger charge is -2.47. The van der Waals surface area contributed by atoms with E-state index >= 15 is 0 Å². The van der Waals surface area contributed by atoms with Crippen molar-refractivity contribution in [2.45, 2.75) is 43.2 Å². The van der Waals surface area contributed by atoms with Crippen LogP contribution in [0, 0.1) is 6.92 Å². The van der Waals surface area contributed by atoms with Crippen LogP contribution in [0.5, 0.6) is 0 Å². The van der Waals surface area contributed by atoms with Crippen LogP contribution in [0.4, 0.5) is 0 Å². The second-order valence-electron chi connectivity index (χ2n) is 6.00. The number of hydrogen-bond acceptors (Lipinski definition) is 5. The number of thiophene rings is 1. The van der Waals surface area contributed by atoms with E-state index in [0.717, 1.165) is 23.3 Å². The molecule has 0 atom stereocenters. The van der Waals surface area contributed by atoms with E-state index in [0.29, 0.717) is 18.0 Å². The molecule has 5 nitrogen and oxygen atoms in total. The van der Waals surface area contributed by atoms with Crippen LogP contribution in [-0.2, 0) is 16.6 Å². The van der Waals surface area contributed by atoms with E-state index in [1.807, 2.05) is 33.4 Å². The van der Waals surface area contributed by atoms with Gasteiger partial charge in [0.1, 0.15) is 4.90 Å². The number of sulfonamides is 1. The quantitative estimate of drug-likeness (QED) is 0.796. The number of rotatable bonds is 7. The standard InChI is InChI=1S/C14H25N3O2S2/c1-11-9-20-12(8-15-2)13(11)21(18,19)16-10-14(17(3)4)6-5-7-14/h9,15-16H,5-8,10H2,1-4H3. The smallest absolute Gasteiger partial charge is 0.242 e. The van der Waals surface area contributed by atoms with Crippen molar-refractivity contribution in [3.8, 4) is 0 Å². The normalized spacial score (nSPS) is 18.0. The summed E-state index contributed by atoms with van der Waals surface area (Å²) in [7, 11) is 2.43. The van der Waals surface area contributed by atoms with Crippen molar-refractivity contribution >= 4 is 21.4 Å². The highest BCUT2D eigenvalue weighted by Gasteiger charge is 2.40. The van der Waals surface area contributed by atoms with E-state index in [-0.39, 0.29) is 5.54 Å². The van der Waals surface area contributed by atoms with Gasteiger partial charge in [-0.25, -0.2) is 13.1 Å². The van der Waals surface area contributed by atoms with Gasteiger partial charge >= 0.3 is 0 Å². The van der Waals surface area contributed by atoms with E-state index in [2.05, 4.69) is 14.9 Å². The van der Waals surface area contributed by atoms with Crippen molar-refractivity contribution in [1.82, 2.24) is 14.9 Å². The van der Waals surface area contributed by atoms with Crippen LogP contribution in [-0.4, -0.2) is 46.5 Å². The molecule has 0 aliphatic heterocycles. The van der Waals surface area contributed by atoms with Gasteiger partial charge in [-0.15, -0.1) is 11.3 Å². The average Bonchev–Trinajstić information content (AvgIpc) is 2.69. The molecule has 0 saturated heterocycles. The lowest BCUT2D eigenvalue weighted by molar-refractivity contribution is 0.0656. The zero-order chi connectivity index (χ0) is 15.7. The van der Waals surface area contributed by atoms with Gasteiger partial charge in [0.05, 0.1) is 0 Å². The van der Waals surface area contributed by atoms with Gasteiger partial charge in [-0.05, 0) is 58.3 Å². The Labute approximate surface area is 131 Å². The van der Waals surface area contributed by atoms with Crippen LogP contribution in [0.2, 0.25) is 0 Å². The van der Waals surface area contributed by atoms with Crippen LogP contribution in [0.3, 0.4) is 0 Å². The average molecular weight is 332 g/mol. The Bertz CT molecular complexity index is 589. The summed E-state index contributed by atoms with van der Waals surface area (Å²) in [5.41, 5.74) is 0.811. The minimum atomic E-state index is -3.45. The van der Waals surface area contributed by atoms with Crippen molar-refractivity contribution in [2.75, 3.05) is 27.7 Å². The summed E-state index contributed by atoms with van der Waals surface area (Å²) < 4.78 is 28.2. The first-order valence-electron chi connectivity index (χ1n) is 7.21. The number of nitrogens with one attached hydrogen (secondary N) is 2. The second-order valence-corrected chi connectivity index (χ2v) is 8.67. The summed E-state index contributed by atoms with van der Waals surface area (Å²) in [6.07, 6.45) is 3.27. The Kier molecular flexibility index (Phi) is 5.10. The van der Waals surface area contributed by atoms with Crippen LogP contribution < -0.4 is 10.0 Å². The minimum absolute atomic E-state index is 0.0137. The van der Waals surface area contributed by atoms with E-state index < -0.39 is 10.0 Å². The molecule has 1 heterocycles. The van der Waals surface area contributed by atoms with Gasteiger partial charge in [-0.1, -0.05) is 0 Å². The van der Waals surface area contributed by atoms with Gasteiger partial charge in [-0.2, -0.15) is 0 Å². The molecule has 7 heteroatoms. The zero-order valence-electron chi connectivity index (χ0n) is 13.2. The molecule has 0 radical (unpaired) electrons. The molecule has 0 amide bonds. The Morgan fingerprint density at radius 3 is 2.52 bits per heavy atom. The van der Waals surface area contributed by atoms with Crippen molar-refractivity contribution in [1.29, 1.82) is 0 Å². The highest BCUT2D eigenvalue weighted by Crippen LogP contribution is 2.36. The third kappa shape index (κ3) is 3.32. The summed E-state index contributed by atoms with van der Waals surface area (Å²) in [6, 6.07) is 0. The lowest BCUT2D eigenvalue weighted by Crippen LogP contribution is -2.57. The first-order valence-corrected chi connectivity index (χ1v) is 9.57. The van der Waals surface area contributed by atoms with Crippen molar-refractivity contribution in [3.05, 3.63) is 15.8 Å². The molecule has 2 rings (SSSR count). The number of likely N-dealkylation sites (N-methyl/N-ethyl adjacent to an activating group) is 1. The molecule has 0 unspecified atom stereocenters. The molecule has 1 aliphatic rings. The lowest BCUT2D eigenvalue weighted by atomic mass is 9.76. The van der Waals surface area contributed by atoms with Crippen LogP contribution in [0.1, 0.15) is 29.7 Å². The topological polar surface area (TPSA) is 61.4 Å². The third-order valence-corrected chi connectivity index (χ3v) is 7.28. The van der Waals surface area contributed by atoms with Gasteiger partial charge in [0.2, 0.25) is 10.0 Å². The Hall–Kier alpha value is -0.470. The molecule has 120 valence electrons. The molecule has 1 aromatic rings. The molecule has 0 bridgehead atoms. The van der Waals surface area contributed by atoms with Gasteiger partial charge in [-0.3, -0.25) is 0 Å². The van der Waals surface area contributed by atoms with E-state index in [9.17, 15) is 8.42 Å². The van der Waals surface area contributed by atoms with Crippen molar-refractivity contribution in [2.24, 2.45) is 0 Å². The van der Waals surface area contributed by atoms with Crippen LogP contribution in [0.25, 0.3) is 0 Å². The summed E-state index contributed by atoms with van der Waals surface area (Å²) in [5.74, 6) is 0. The molecule has 0 aromatic carbocycles. The predicted molar refractivity (Wildman–Crippen MR) is 87.3 cm³/mol. The van der Waals surface area contributed by atoms with Crippen molar-refractivity contribution < 1.29 is 8.42 Å². The summed E-state index contributed by atoms with van der Waals surface area (Å²) in [6.45, 7) is 2.92. The molecular formula is C14H25N3O2S2. The van der Waals surface area contributed by atoms with E-state index in [1.165, 1.54) is 17.8 Å². The first kappa shape index (κ1) is 16.9. The van der Waals surface area contributed by atoms with E-state index in [1.54, 1.807) is 0 Å². The second kappa shape index (κ2) is 6.34. The fourth-order valence-electron chi connectivity index (χ4n) is 2.80. The summed E-state index contributed by atoms with van der Waals surface area (Å²) in [4.78, 5) is 3.47. The number of nitrogens with zero attached hydrogens (tertiary/aromatic N) is 1. The van der Waals surface area contributed by atoms with Gasteiger partial charge in [0.15, 0.2) is 0 Å². The fourth-order valence-corrected chi connectivity index (χ4v) is 5.74. The predicted octanol–water partition coefficient (Wildman–Crippen LogP) is 1.54.